The second kappa shape index (κ2) is 10.8. The zero-order valence-corrected chi connectivity index (χ0v) is 23.5. The number of aliphatic hydroxyl groups is 3. The number of aliphatic hydroxyl groups excluding tert-OH is 3. The fourth-order valence-electron chi connectivity index (χ4n) is 9.73. The van der Waals surface area contributed by atoms with Crippen LogP contribution in [0.3, 0.4) is 0 Å². The molecule has 7 heteroatoms. The van der Waals surface area contributed by atoms with Crippen LogP contribution in [0, 0.1) is 52.3 Å². The Labute approximate surface area is 222 Å². The van der Waals surface area contributed by atoms with Crippen LogP contribution in [0.15, 0.2) is 0 Å². The summed E-state index contributed by atoms with van der Waals surface area (Å²) in [6, 6.07) is -0.836. The molecule has 0 unspecified atom stereocenters. The van der Waals surface area contributed by atoms with Gasteiger partial charge >= 0.3 is 5.97 Å². The molecule has 212 valence electrons. The van der Waals surface area contributed by atoms with E-state index in [2.05, 4.69) is 26.1 Å². The van der Waals surface area contributed by atoms with Crippen molar-refractivity contribution in [3.63, 3.8) is 0 Å². The van der Waals surface area contributed by atoms with Crippen LogP contribution in [0.1, 0.15) is 98.8 Å². The number of carboxylic acids is 1. The van der Waals surface area contributed by atoms with Gasteiger partial charge in [0.1, 0.15) is 6.04 Å². The highest BCUT2D eigenvalue weighted by molar-refractivity contribution is 5.83. The van der Waals surface area contributed by atoms with E-state index in [4.69, 9.17) is 0 Å². The number of nitrogens with one attached hydrogen (secondary N) is 1. The summed E-state index contributed by atoms with van der Waals surface area (Å²) in [4.78, 5) is 24.2. The molecule has 37 heavy (non-hydrogen) atoms. The lowest BCUT2D eigenvalue weighted by molar-refractivity contribution is -0.223. The Morgan fingerprint density at radius 1 is 0.892 bits per heavy atom. The fourth-order valence-corrected chi connectivity index (χ4v) is 9.73. The Morgan fingerprint density at radius 2 is 1.54 bits per heavy atom. The largest absolute Gasteiger partial charge is 0.480 e. The zero-order chi connectivity index (χ0) is 27.3. The second-order valence-electron chi connectivity index (χ2n) is 14.1. The van der Waals surface area contributed by atoms with Crippen LogP contribution in [0.5, 0.6) is 0 Å². The fraction of sp³-hybridized carbons (Fsp3) is 0.933. The van der Waals surface area contributed by atoms with E-state index in [1.54, 1.807) is 0 Å². The molecular formula is C30H51NO6. The molecule has 0 spiro atoms. The monoisotopic (exact) mass is 521 g/mol. The Bertz CT molecular complexity index is 848. The van der Waals surface area contributed by atoms with Crippen molar-refractivity contribution in [1.82, 2.24) is 5.32 Å². The van der Waals surface area contributed by atoms with Gasteiger partial charge in [0.25, 0.3) is 0 Å². The van der Waals surface area contributed by atoms with Gasteiger partial charge in [0.2, 0.25) is 5.91 Å². The van der Waals surface area contributed by atoms with Gasteiger partial charge in [-0.3, -0.25) is 4.79 Å². The Kier molecular flexibility index (Phi) is 8.39. The summed E-state index contributed by atoms with van der Waals surface area (Å²) < 4.78 is 0. The molecule has 0 aromatic heterocycles. The molecule has 7 nitrogen and oxygen atoms in total. The maximum atomic E-state index is 12.6. The highest BCUT2D eigenvalue weighted by Gasteiger charge is 2.65. The number of carboxylic acid groups (broad SMARTS) is 1. The molecule has 4 aliphatic carbocycles. The molecule has 0 aromatic carbocycles. The number of hydrogen-bond acceptors (Lipinski definition) is 5. The van der Waals surface area contributed by atoms with Crippen molar-refractivity contribution in [3.8, 4) is 0 Å². The van der Waals surface area contributed by atoms with Crippen molar-refractivity contribution in [2.45, 2.75) is 123 Å². The van der Waals surface area contributed by atoms with Gasteiger partial charge < -0.3 is 25.7 Å². The maximum Gasteiger partial charge on any atom is 0.326 e. The highest BCUT2D eigenvalue weighted by atomic mass is 16.4. The number of carbonyl (C=O) groups is 2. The molecule has 0 aliphatic heterocycles. The number of aliphatic carboxylic acids is 1. The van der Waals surface area contributed by atoms with Crippen molar-refractivity contribution in [2.24, 2.45) is 52.3 Å². The standard InChI is InChI=1S/C30H51NO6/c1-16(2)14-23(28(36)37)31-24(33)9-6-17(3)19-7-8-20-25-21(11-13-29(19,20)4)30(5)12-10-18(32)15-22(30)26(34)27(25)35/h16-23,25-27,32,34-35H,6-15H2,1-5H3,(H,31,33)(H,36,37)/t17-,18-,19-,20+,21+,22+,23+,25+,26+,27-,29-,30-/m1/s1. The lowest BCUT2D eigenvalue weighted by atomic mass is 9.43. The molecule has 1 amide bonds. The molecule has 4 saturated carbocycles. The first-order valence-corrected chi connectivity index (χ1v) is 14.9. The molecule has 5 N–H and O–H groups in total. The lowest BCUT2D eigenvalue weighted by Gasteiger charge is -2.63. The third-order valence-electron chi connectivity index (χ3n) is 11.7. The molecule has 0 aromatic rings. The van der Waals surface area contributed by atoms with Crippen molar-refractivity contribution < 1.29 is 30.0 Å². The van der Waals surface area contributed by atoms with Crippen molar-refractivity contribution in [3.05, 3.63) is 0 Å². The third kappa shape index (κ3) is 5.21. The summed E-state index contributed by atoms with van der Waals surface area (Å²) in [6.45, 7) is 10.8. The molecule has 12 atom stereocenters. The first-order valence-electron chi connectivity index (χ1n) is 14.9. The van der Waals surface area contributed by atoms with Gasteiger partial charge in [-0.15, -0.1) is 0 Å². The minimum Gasteiger partial charge on any atom is -0.480 e. The predicted molar refractivity (Wildman–Crippen MR) is 141 cm³/mol. The Hall–Kier alpha value is -1.18. The number of hydrogen-bond donors (Lipinski definition) is 5. The van der Waals surface area contributed by atoms with Crippen molar-refractivity contribution >= 4 is 11.9 Å². The average Bonchev–Trinajstić information content (AvgIpc) is 3.18. The first-order chi connectivity index (χ1) is 17.3. The van der Waals surface area contributed by atoms with Crippen LogP contribution >= 0.6 is 0 Å². The van der Waals surface area contributed by atoms with E-state index in [0.29, 0.717) is 42.9 Å². The van der Waals surface area contributed by atoms with E-state index in [0.717, 1.165) is 44.9 Å². The Balaban J connectivity index is 1.42. The van der Waals surface area contributed by atoms with Crippen molar-refractivity contribution in [1.29, 1.82) is 0 Å². The second-order valence-corrected chi connectivity index (χ2v) is 14.1. The minimum absolute atomic E-state index is 0.0394. The van der Waals surface area contributed by atoms with Gasteiger partial charge in [0.05, 0.1) is 18.3 Å². The van der Waals surface area contributed by atoms with E-state index in [9.17, 15) is 30.0 Å². The van der Waals surface area contributed by atoms with Crippen LogP contribution in [-0.4, -0.2) is 56.7 Å². The van der Waals surface area contributed by atoms with E-state index in [1.165, 1.54) is 0 Å². The molecule has 0 radical (unpaired) electrons. The number of rotatable bonds is 8. The van der Waals surface area contributed by atoms with Crippen LogP contribution in [0.4, 0.5) is 0 Å². The van der Waals surface area contributed by atoms with Crippen LogP contribution in [-0.2, 0) is 9.59 Å². The predicted octanol–water partition coefficient (Wildman–Crippen LogP) is 3.98. The van der Waals surface area contributed by atoms with E-state index in [1.807, 2.05) is 13.8 Å². The van der Waals surface area contributed by atoms with Gasteiger partial charge in [0.15, 0.2) is 0 Å². The summed E-state index contributed by atoms with van der Waals surface area (Å²) in [5.74, 6) is 0.553. The van der Waals surface area contributed by atoms with Crippen LogP contribution in [0.2, 0.25) is 0 Å². The maximum absolute atomic E-state index is 12.6. The topological polar surface area (TPSA) is 127 Å². The van der Waals surface area contributed by atoms with Crippen LogP contribution < -0.4 is 5.32 Å². The van der Waals surface area contributed by atoms with Crippen LogP contribution in [0.25, 0.3) is 0 Å². The van der Waals surface area contributed by atoms with Gasteiger partial charge in [0, 0.05) is 6.42 Å². The molecule has 4 fully saturated rings. The van der Waals surface area contributed by atoms with E-state index >= 15 is 0 Å². The number of fused-ring (bicyclic) bond motifs is 5. The first kappa shape index (κ1) is 28.8. The molecule has 0 heterocycles. The zero-order valence-electron chi connectivity index (χ0n) is 23.5. The normalized spacial score (nSPS) is 44.9. The van der Waals surface area contributed by atoms with Gasteiger partial charge in [-0.25, -0.2) is 4.79 Å². The Morgan fingerprint density at radius 3 is 2.19 bits per heavy atom. The van der Waals surface area contributed by atoms with Gasteiger partial charge in [-0.2, -0.15) is 0 Å². The van der Waals surface area contributed by atoms with E-state index in [-0.39, 0.29) is 40.6 Å². The average molecular weight is 522 g/mol. The summed E-state index contributed by atoms with van der Waals surface area (Å²) >= 11 is 0. The lowest BCUT2D eigenvalue weighted by Crippen LogP contribution is -2.64. The van der Waals surface area contributed by atoms with E-state index < -0.39 is 24.2 Å². The summed E-state index contributed by atoms with van der Waals surface area (Å²) in [6.07, 6.45) is 6.11. The molecular weight excluding hydrogens is 470 g/mol. The summed E-state index contributed by atoms with van der Waals surface area (Å²) in [5, 5.41) is 45.2. The smallest absolute Gasteiger partial charge is 0.326 e. The van der Waals surface area contributed by atoms with Crippen molar-refractivity contribution in [2.75, 3.05) is 0 Å². The number of amides is 1. The highest BCUT2D eigenvalue weighted by Crippen LogP contribution is 2.68. The summed E-state index contributed by atoms with van der Waals surface area (Å²) in [7, 11) is 0. The SMILES string of the molecule is CC(C)C[C@H](NC(=O)CC[C@@H](C)[C@H]1CC[C@H]2[C@@H]3[C@@H](O)[C@@H](O)[C@@H]4C[C@H](O)CC[C@]4(C)[C@H]3CC[C@]12C)C(=O)O. The van der Waals surface area contributed by atoms with Gasteiger partial charge in [-0.1, -0.05) is 34.6 Å². The third-order valence-corrected chi connectivity index (χ3v) is 11.7. The number of carbonyl (C=O) groups excluding carboxylic acids is 1. The minimum atomic E-state index is -0.977. The molecule has 4 rings (SSSR count). The molecule has 4 aliphatic rings. The van der Waals surface area contributed by atoms with Gasteiger partial charge in [-0.05, 0) is 110 Å². The summed E-state index contributed by atoms with van der Waals surface area (Å²) in [5.41, 5.74) is 0.0265. The quantitative estimate of drug-likeness (QED) is 0.329. The molecule has 0 saturated heterocycles. The molecule has 0 bridgehead atoms.